The molecule has 34 heavy (non-hydrogen) atoms. The van der Waals surface area contributed by atoms with E-state index in [9.17, 15) is 9.59 Å². The number of carbonyl (C=O) groups excluding carboxylic acids is 2. The molecule has 3 atom stereocenters. The quantitative estimate of drug-likeness (QED) is 0.406. The fourth-order valence-electron chi connectivity index (χ4n) is 5.56. The summed E-state index contributed by atoms with van der Waals surface area (Å²) in [5, 5.41) is 0.681. The van der Waals surface area contributed by atoms with Crippen molar-refractivity contribution in [3.63, 3.8) is 0 Å². The van der Waals surface area contributed by atoms with Crippen molar-refractivity contribution in [2.75, 3.05) is 6.54 Å². The van der Waals surface area contributed by atoms with Gasteiger partial charge in [-0.25, -0.2) is 4.98 Å². The van der Waals surface area contributed by atoms with Crippen molar-refractivity contribution >= 4 is 34.4 Å². The highest BCUT2D eigenvalue weighted by atomic mass is 35.5. The summed E-state index contributed by atoms with van der Waals surface area (Å²) in [6.45, 7) is 2.46. The summed E-state index contributed by atoms with van der Waals surface area (Å²) in [6, 6.07) is 13.4. The third-order valence-electron chi connectivity index (χ3n) is 7.28. The van der Waals surface area contributed by atoms with Crippen molar-refractivity contribution < 1.29 is 14.3 Å². The van der Waals surface area contributed by atoms with Crippen molar-refractivity contribution in [3.05, 3.63) is 58.9 Å². The lowest BCUT2D eigenvalue weighted by molar-refractivity contribution is -0.175. The van der Waals surface area contributed by atoms with Gasteiger partial charge < -0.3 is 19.9 Å². The van der Waals surface area contributed by atoms with E-state index in [4.69, 9.17) is 27.1 Å². The molecule has 0 spiro atoms. The van der Waals surface area contributed by atoms with Gasteiger partial charge in [0.05, 0.1) is 11.0 Å². The van der Waals surface area contributed by atoms with Gasteiger partial charge in [-0.2, -0.15) is 0 Å². The number of nitrogens with two attached hydrogens (primary N) is 1. The Balaban J connectivity index is 1.25. The third kappa shape index (κ3) is 3.82. The highest BCUT2D eigenvalue weighted by Crippen LogP contribution is 2.50. The predicted octanol–water partition coefficient (Wildman–Crippen LogP) is 4.17. The molecule has 0 radical (unpaired) electrons. The molecule has 3 aromatic rings. The van der Waals surface area contributed by atoms with Crippen LogP contribution < -0.4 is 10.5 Å². The molecule has 8 heteroatoms. The topological polar surface area (TPSA) is 90.5 Å². The van der Waals surface area contributed by atoms with E-state index in [-0.39, 0.29) is 11.8 Å². The maximum Gasteiger partial charge on any atom is 0.238 e. The van der Waals surface area contributed by atoms with E-state index in [1.165, 1.54) is 0 Å². The summed E-state index contributed by atoms with van der Waals surface area (Å²) in [5.74, 6) is -0.157. The van der Waals surface area contributed by atoms with Crippen LogP contribution in [-0.2, 0) is 23.1 Å². The molecule has 178 valence electrons. The molecule has 2 N–H and O–H groups in total. The molecule has 1 fully saturated rings. The van der Waals surface area contributed by atoms with E-state index >= 15 is 0 Å². The number of unbranched alkanes of at least 4 members (excludes halogenated alkanes) is 2. The summed E-state index contributed by atoms with van der Waals surface area (Å²) in [6.07, 6.45) is 4.06. The molecule has 2 bridgehead atoms. The number of hydrogen-bond donors (Lipinski definition) is 1. The molecule has 0 unspecified atom stereocenters. The van der Waals surface area contributed by atoms with Crippen molar-refractivity contribution in [2.24, 2.45) is 18.7 Å². The Kier molecular flexibility index (Phi) is 5.76. The average molecular weight is 481 g/mol. The van der Waals surface area contributed by atoms with E-state index in [1.807, 2.05) is 56.4 Å². The first-order chi connectivity index (χ1) is 16.3. The molecule has 2 amide bonds. The van der Waals surface area contributed by atoms with Gasteiger partial charge >= 0.3 is 0 Å². The molecule has 1 aromatic heterocycles. The minimum absolute atomic E-state index is 0.229. The van der Waals surface area contributed by atoms with Gasteiger partial charge in [-0.05, 0) is 49.6 Å². The fraction of sp³-hybridized carbons (Fsp3) is 0.423. The van der Waals surface area contributed by atoms with Crippen molar-refractivity contribution in [2.45, 2.75) is 50.7 Å². The summed E-state index contributed by atoms with van der Waals surface area (Å²) in [7, 11) is 2.02. The lowest BCUT2D eigenvalue weighted by atomic mass is 9.73. The smallest absolute Gasteiger partial charge is 0.238 e. The van der Waals surface area contributed by atoms with Gasteiger partial charge in [0.1, 0.15) is 17.5 Å². The van der Waals surface area contributed by atoms with Gasteiger partial charge in [-0.15, -0.1) is 0 Å². The van der Waals surface area contributed by atoms with Gasteiger partial charge in [-0.3, -0.25) is 9.59 Å². The van der Waals surface area contributed by atoms with Crippen molar-refractivity contribution in [1.82, 2.24) is 14.5 Å². The van der Waals surface area contributed by atoms with Crippen LogP contribution in [0.2, 0.25) is 5.02 Å². The fourth-order valence-corrected chi connectivity index (χ4v) is 5.72. The minimum Gasteiger partial charge on any atom is -0.468 e. The van der Waals surface area contributed by atoms with Crippen molar-refractivity contribution in [1.29, 1.82) is 0 Å². The zero-order valence-electron chi connectivity index (χ0n) is 19.5. The maximum atomic E-state index is 13.4. The number of para-hydroxylation sites is 1. The Morgan fingerprint density at radius 3 is 2.82 bits per heavy atom. The lowest BCUT2D eigenvalue weighted by Crippen LogP contribution is -2.64. The number of amides is 2. The highest BCUT2D eigenvalue weighted by molar-refractivity contribution is 6.31. The Morgan fingerprint density at radius 2 is 2.03 bits per heavy atom. The first-order valence-electron chi connectivity index (χ1n) is 11.8. The van der Waals surface area contributed by atoms with Gasteiger partial charge in [0.15, 0.2) is 5.72 Å². The second kappa shape index (κ2) is 8.62. The van der Waals surface area contributed by atoms with Gasteiger partial charge in [-0.1, -0.05) is 36.2 Å². The standard InChI is InChI=1S/C26H29ClN4O3/c1-26-15-18(17-8-5-6-9-21(17)34-26)23(24(28)32)25(33)31(26)13-7-3-4-10-22-29-19-14-16(27)11-12-20(19)30(22)2/h5-6,8-9,11-12,14,18,23H,3-4,7,10,13,15H2,1-2H3,(H2,28,32)/t18-,23+,26+/m0/s1. The number of hydrogen-bond acceptors (Lipinski definition) is 4. The zero-order valence-corrected chi connectivity index (χ0v) is 20.2. The number of ether oxygens (including phenoxy) is 1. The van der Waals surface area contributed by atoms with Gasteiger partial charge in [0.2, 0.25) is 11.8 Å². The summed E-state index contributed by atoms with van der Waals surface area (Å²) in [5.41, 5.74) is 7.78. The molecule has 3 heterocycles. The Morgan fingerprint density at radius 1 is 1.24 bits per heavy atom. The van der Waals surface area contributed by atoms with Crippen LogP contribution in [0.4, 0.5) is 0 Å². The lowest BCUT2D eigenvalue weighted by Gasteiger charge is -2.52. The van der Waals surface area contributed by atoms with Crippen LogP contribution in [0.5, 0.6) is 5.75 Å². The molecule has 2 aliphatic heterocycles. The molecular formula is C26H29ClN4O3. The van der Waals surface area contributed by atoms with E-state index in [1.54, 1.807) is 4.90 Å². The SMILES string of the molecule is Cn1c(CCCCCN2C(=O)[C@@H](C(N)=O)[C@H]3C[C@@]2(C)Oc2ccccc23)nc2cc(Cl)ccc21. The molecule has 5 rings (SSSR count). The summed E-state index contributed by atoms with van der Waals surface area (Å²) in [4.78, 5) is 32.1. The number of carbonyl (C=O) groups is 2. The normalized spacial score (nSPS) is 23.6. The monoisotopic (exact) mass is 480 g/mol. The molecule has 0 saturated carbocycles. The molecule has 7 nitrogen and oxygen atoms in total. The number of aromatic nitrogens is 2. The van der Waals surface area contributed by atoms with Crippen LogP contribution in [0, 0.1) is 5.92 Å². The van der Waals surface area contributed by atoms with Crippen LogP contribution >= 0.6 is 11.6 Å². The molecule has 2 aromatic carbocycles. The van der Waals surface area contributed by atoms with E-state index in [2.05, 4.69) is 4.57 Å². The largest absolute Gasteiger partial charge is 0.468 e. The van der Waals surface area contributed by atoms with Crippen molar-refractivity contribution in [3.8, 4) is 5.75 Å². The van der Waals surface area contributed by atoms with Crippen LogP contribution in [0.25, 0.3) is 11.0 Å². The number of nitrogens with zero attached hydrogens (tertiary/aromatic N) is 3. The van der Waals surface area contributed by atoms with Crippen LogP contribution in [-0.4, -0.2) is 38.5 Å². The predicted molar refractivity (Wildman–Crippen MR) is 131 cm³/mol. The number of halogens is 1. The summed E-state index contributed by atoms with van der Waals surface area (Å²) >= 11 is 6.10. The van der Waals surface area contributed by atoms with E-state index in [0.29, 0.717) is 18.0 Å². The molecule has 0 aliphatic carbocycles. The molecular weight excluding hydrogens is 452 g/mol. The second-order valence-electron chi connectivity index (χ2n) is 9.53. The van der Waals surface area contributed by atoms with E-state index < -0.39 is 17.6 Å². The number of aryl methyl sites for hydroxylation is 2. The van der Waals surface area contributed by atoms with Crippen LogP contribution in [0.3, 0.4) is 0 Å². The Hall–Kier alpha value is -3.06. The number of piperidine rings is 1. The Bertz CT molecular complexity index is 1270. The zero-order chi connectivity index (χ0) is 24.0. The minimum atomic E-state index is -0.857. The van der Waals surface area contributed by atoms with Crippen LogP contribution in [0.15, 0.2) is 42.5 Å². The molecule has 2 aliphatic rings. The van der Waals surface area contributed by atoms with Gasteiger partial charge in [0, 0.05) is 37.4 Å². The Labute approximate surface area is 203 Å². The third-order valence-corrected chi connectivity index (χ3v) is 7.51. The average Bonchev–Trinajstić information content (AvgIpc) is 3.09. The van der Waals surface area contributed by atoms with E-state index in [0.717, 1.165) is 53.9 Å². The summed E-state index contributed by atoms with van der Waals surface area (Å²) < 4.78 is 8.42. The number of fused-ring (bicyclic) bond motifs is 5. The number of benzene rings is 2. The second-order valence-corrected chi connectivity index (χ2v) is 9.96. The maximum absolute atomic E-state index is 13.4. The molecule has 1 saturated heterocycles. The number of primary amides is 1. The van der Waals surface area contributed by atoms with Crippen LogP contribution in [0.1, 0.15) is 49.9 Å². The number of imidazole rings is 1. The first kappa shape index (κ1) is 22.7. The number of likely N-dealkylation sites (tertiary alicyclic amines) is 1. The highest BCUT2D eigenvalue weighted by Gasteiger charge is 2.55. The van der Waals surface area contributed by atoms with Gasteiger partial charge in [0.25, 0.3) is 0 Å². The first-order valence-corrected chi connectivity index (χ1v) is 12.2. The number of rotatable bonds is 7.